The van der Waals surface area contributed by atoms with Crippen LogP contribution in [-0.2, 0) is 9.84 Å². The maximum atomic E-state index is 11.0. The molecule has 0 fully saturated rings. The van der Waals surface area contributed by atoms with Gasteiger partial charge in [0.1, 0.15) is 12.4 Å². The minimum absolute atomic E-state index is 0.0343. The molecule has 0 saturated heterocycles. The van der Waals surface area contributed by atoms with Crippen LogP contribution in [0, 0.1) is 0 Å². The van der Waals surface area contributed by atoms with Crippen molar-refractivity contribution in [2.24, 2.45) is 0 Å². The molecule has 102 valence electrons. The normalized spacial score (nSPS) is 11.8. The van der Waals surface area contributed by atoms with Crippen LogP contribution in [0.1, 0.15) is 34.3 Å². The highest BCUT2D eigenvalue weighted by Gasteiger charge is 2.18. The van der Waals surface area contributed by atoms with Gasteiger partial charge < -0.3 is 9.84 Å². The number of carbonyl (C=O) groups is 1. The summed E-state index contributed by atoms with van der Waals surface area (Å²) in [6, 6.07) is 1.67. The molecule has 5 nitrogen and oxygen atoms in total. The third kappa shape index (κ3) is 4.30. The molecule has 0 spiro atoms. The van der Waals surface area contributed by atoms with Crippen molar-refractivity contribution in [2.75, 3.05) is 18.6 Å². The lowest BCUT2D eigenvalue weighted by Crippen LogP contribution is -2.12. The molecular formula is C11H16O5S2. The van der Waals surface area contributed by atoms with Gasteiger partial charge in [-0.2, -0.15) is 0 Å². The summed E-state index contributed by atoms with van der Waals surface area (Å²) in [5.41, 5.74) is 0. The van der Waals surface area contributed by atoms with E-state index in [2.05, 4.69) is 0 Å². The van der Waals surface area contributed by atoms with Crippen molar-refractivity contribution >= 4 is 27.1 Å². The van der Waals surface area contributed by atoms with Crippen molar-refractivity contribution in [1.82, 2.24) is 0 Å². The fourth-order valence-electron chi connectivity index (χ4n) is 1.24. The summed E-state index contributed by atoms with van der Waals surface area (Å²) in [6.45, 7) is 3.88. The van der Waals surface area contributed by atoms with Gasteiger partial charge in [0.05, 0.1) is 5.75 Å². The summed E-state index contributed by atoms with van der Waals surface area (Å²) in [4.78, 5) is 12.1. The summed E-state index contributed by atoms with van der Waals surface area (Å²) in [5.74, 6) is -0.722. The quantitative estimate of drug-likeness (QED) is 0.867. The van der Waals surface area contributed by atoms with Gasteiger partial charge >= 0.3 is 5.97 Å². The van der Waals surface area contributed by atoms with Gasteiger partial charge in [0.15, 0.2) is 14.7 Å². The van der Waals surface area contributed by atoms with E-state index in [0.29, 0.717) is 0 Å². The highest BCUT2D eigenvalue weighted by Crippen LogP contribution is 2.33. The van der Waals surface area contributed by atoms with Crippen LogP contribution in [0.5, 0.6) is 5.75 Å². The van der Waals surface area contributed by atoms with Crippen LogP contribution in [0.2, 0.25) is 0 Å². The van der Waals surface area contributed by atoms with Crippen LogP contribution in [0.4, 0.5) is 0 Å². The van der Waals surface area contributed by atoms with E-state index in [1.165, 1.54) is 0 Å². The third-order valence-corrected chi connectivity index (χ3v) is 4.51. The molecule has 0 bridgehead atoms. The molecule has 0 amide bonds. The second-order valence-corrected chi connectivity index (χ2v) is 7.62. The standard InChI is InChI=1S/C11H16O5S2/c1-7(2)9-6-8(10(17-9)11(12)13)16-4-5-18(3,14)15/h6-7H,4-5H2,1-3H3,(H,12,13). The molecule has 0 saturated carbocycles. The fraction of sp³-hybridized carbons (Fsp3) is 0.545. The molecule has 0 unspecified atom stereocenters. The first-order chi connectivity index (χ1) is 8.20. The Morgan fingerprint density at radius 2 is 2.11 bits per heavy atom. The number of carboxylic acid groups (broad SMARTS) is 1. The zero-order chi connectivity index (χ0) is 13.9. The van der Waals surface area contributed by atoms with Crippen molar-refractivity contribution in [3.05, 3.63) is 15.8 Å². The number of thiophene rings is 1. The number of sulfone groups is 1. The highest BCUT2D eigenvalue weighted by atomic mass is 32.2. The van der Waals surface area contributed by atoms with Gasteiger partial charge in [0.2, 0.25) is 0 Å². The van der Waals surface area contributed by atoms with E-state index < -0.39 is 15.8 Å². The van der Waals surface area contributed by atoms with Gasteiger partial charge in [-0.25, -0.2) is 13.2 Å². The molecule has 18 heavy (non-hydrogen) atoms. The van der Waals surface area contributed by atoms with Crippen LogP contribution in [-0.4, -0.2) is 38.1 Å². The lowest BCUT2D eigenvalue weighted by atomic mass is 10.2. The minimum Gasteiger partial charge on any atom is -0.491 e. The van der Waals surface area contributed by atoms with Crippen molar-refractivity contribution in [3.8, 4) is 5.75 Å². The second-order valence-electron chi connectivity index (χ2n) is 4.28. The Morgan fingerprint density at radius 3 is 2.56 bits per heavy atom. The molecule has 0 aliphatic heterocycles. The highest BCUT2D eigenvalue weighted by molar-refractivity contribution is 7.90. The topological polar surface area (TPSA) is 80.7 Å². The summed E-state index contributed by atoms with van der Waals surface area (Å²) in [7, 11) is -3.11. The van der Waals surface area contributed by atoms with E-state index >= 15 is 0 Å². The molecular weight excluding hydrogens is 276 g/mol. The predicted octanol–water partition coefficient (Wildman–Crippen LogP) is 1.99. The Balaban J connectivity index is 2.83. The number of carboxylic acids is 1. The first-order valence-electron chi connectivity index (χ1n) is 5.38. The zero-order valence-electron chi connectivity index (χ0n) is 10.5. The SMILES string of the molecule is CC(C)c1cc(OCCS(C)(=O)=O)c(C(=O)O)s1. The van der Waals surface area contributed by atoms with E-state index in [0.717, 1.165) is 22.5 Å². The van der Waals surface area contributed by atoms with Gasteiger partial charge in [0.25, 0.3) is 0 Å². The van der Waals surface area contributed by atoms with Crippen LogP contribution < -0.4 is 4.74 Å². The lowest BCUT2D eigenvalue weighted by Gasteiger charge is -2.03. The largest absolute Gasteiger partial charge is 0.491 e. The smallest absolute Gasteiger partial charge is 0.349 e. The molecule has 0 atom stereocenters. The Labute approximate surface area is 110 Å². The van der Waals surface area contributed by atoms with Crippen molar-refractivity contribution in [1.29, 1.82) is 0 Å². The van der Waals surface area contributed by atoms with Crippen LogP contribution in [0.25, 0.3) is 0 Å². The molecule has 0 aliphatic rings. The summed E-state index contributed by atoms with van der Waals surface area (Å²) in [5, 5.41) is 9.03. The summed E-state index contributed by atoms with van der Waals surface area (Å²) in [6.07, 6.45) is 1.11. The fourth-order valence-corrected chi connectivity index (χ4v) is 2.57. The molecule has 1 aromatic rings. The van der Waals surface area contributed by atoms with E-state index in [1.54, 1.807) is 6.07 Å². The molecule has 1 N–H and O–H groups in total. The van der Waals surface area contributed by atoms with Crippen LogP contribution >= 0.6 is 11.3 Å². The molecule has 0 radical (unpaired) electrons. The summed E-state index contributed by atoms with van der Waals surface area (Å²) >= 11 is 1.16. The Morgan fingerprint density at radius 1 is 1.50 bits per heavy atom. The minimum atomic E-state index is -3.11. The average Bonchev–Trinajstić information content (AvgIpc) is 2.59. The number of hydrogen-bond acceptors (Lipinski definition) is 5. The first kappa shape index (κ1) is 15.0. The van der Waals surface area contributed by atoms with Crippen LogP contribution in [0.15, 0.2) is 6.07 Å². The number of rotatable bonds is 6. The maximum absolute atomic E-state index is 11.0. The third-order valence-electron chi connectivity index (χ3n) is 2.19. The van der Waals surface area contributed by atoms with Gasteiger partial charge in [-0.15, -0.1) is 11.3 Å². The molecule has 1 aromatic heterocycles. The lowest BCUT2D eigenvalue weighted by molar-refractivity contribution is 0.0698. The number of aromatic carboxylic acids is 1. The van der Waals surface area contributed by atoms with Gasteiger partial charge in [-0.05, 0) is 12.0 Å². The average molecular weight is 292 g/mol. The second kappa shape index (κ2) is 5.71. The number of ether oxygens (including phenoxy) is 1. The predicted molar refractivity (Wildman–Crippen MR) is 70.6 cm³/mol. The van der Waals surface area contributed by atoms with Crippen molar-refractivity contribution in [3.63, 3.8) is 0 Å². The van der Waals surface area contributed by atoms with E-state index in [4.69, 9.17) is 9.84 Å². The first-order valence-corrected chi connectivity index (χ1v) is 8.26. The summed E-state index contributed by atoms with van der Waals surface area (Å²) < 4.78 is 27.2. The monoisotopic (exact) mass is 292 g/mol. The van der Waals surface area contributed by atoms with E-state index in [-0.39, 0.29) is 28.9 Å². The van der Waals surface area contributed by atoms with E-state index in [1.807, 2.05) is 13.8 Å². The van der Waals surface area contributed by atoms with Gasteiger partial charge in [0, 0.05) is 11.1 Å². The number of hydrogen-bond donors (Lipinski definition) is 1. The van der Waals surface area contributed by atoms with Gasteiger partial charge in [-0.1, -0.05) is 13.8 Å². The Hall–Kier alpha value is -1.08. The molecule has 1 heterocycles. The maximum Gasteiger partial charge on any atom is 0.349 e. The molecule has 0 aliphatic carbocycles. The van der Waals surface area contributed by atoms with Crippen LogP contribution in [0.3, 0.4) is 0 Å². The van der Waals surface area contributed by atoms with Crippen molar-refractivity contribution < 1.29 is 23.1 Å². The van der Waals surface area contributed by atoms with Crippen molar-refractivity contribution in [2.45, 2.75) is 19.8 Å². The molecule has 7 heteroatoms. The van der Waals surface area contributed by atoms with E-state index in [9.17, 15) is 13.2 Å². The molecule has 0 aromatic carbocycles. The zero-order valence-corrected chi connectivity index (χ0v) is 12.1. The Kier molecular flexibility index (Phi) is 4.75. The Bertz CT molecular complexity index is 528. The molecule has 1 rings (SSSR count). The van der Waals surface area contributed by atoms with Gasteiger partial charge in [-0.3, -0.25) is 0 Å².